The van der Waals surface area contributed by atoms with Crippen molar-refractivity contribution in [3.63, 3.8) is 0 Å². The van der Waals surface area contributed by atoms with Crippen molar-refractivity contribution in [2.45, 2.75) is 6.92 Å². The molecule has 15 nitrogen and oxygen atoms in total. The molecule has 0 fully saturated rings. The second-order valence-electron chi connectivity index (χ2n) is 9.30. The maximum Gasteiger partial charge on any atom is 0.339 e. The molecule has 0 aromatic heterocycles. The molecule has 0 bridgehead atoms. The standard InChI is InChI=1S/C30H20Br2N4O11/c1-2-46-30(41)19-9-6-18(14-22(19)29(39)40)47-26-10-3-15(33-27(37)20-7-4-16(35(42)43)12-23(20)31)11-25(26)34-28(38)21-8-5-17(36(44)45)13-24(21)32/h3-14H,2H2,1H3,(H,33,37)(H,34,38)(H,39,40). The number of esters is 1. The number of carbonyl (C=O) groups is 4. The quantitative estimate of drug-likeness (QED) is 0.0787. The Morgan fingerprint density at radius 1 is 0.745 bits per heavy atom. The Morgan fingerprint density at radius 2 is 1.30 bits per heavy atom. The zero-order chi connectivity index (χ0) is 34.4. The first-order chi connectivity index (χ1) is 22.3. The van der Waals surface area contributed by atoms with Crippen molar-refractivity contribution < 1.29 is 43.6 Å². The van der Waals surface area contributed by atoms with Gasteiger partial charge in [-0.25, -0.2) is 9.59 Å². The molecule has 4 aromatic rings. The lowest BCUT2D eigenvalue weighted by Gasteiger charge is -2.16. The van der Waals surface area contributed by atoms with Crippen molar-refractivity contribution in [2.24, 2.45) is 0 Å². The Labute approximate surface area is 281 Å². The van der Waals surface area contributed by atoms with E-state index in [0.717, 1.165) is 30.3 Å². The zero-order valence-electron chi connectivity index (χ0n) is 23.8. The van der Waals surface area contributed by atoms with Crippen LogP contribution in [-0.2, 0) is 4.74 Å². The Hall–Kier alpha value is -5.68. The van der Waals surface area contributed by atoms with Crippen LogP contribution in [0.4, 0.5) is 22.7 Å². The van der Waals surface area contributed by atoms with Gasteiger partial charge in [0.2, 0.25) is 0 Å². The minimum atomic E-state index is -1.43. The fourth-order valence-corrected chi connectivity index (χ4v) is 5.16. The number of halogens is 2. The summed E-state index contributed by atoms with van der Waals surface area (Å²) in [5, 5.41) is 37.1. The van der Waals surface area contributed by atoms with Crippen molar-refractivity contribution in [3.8, 4) is 11.5 Å². The van der Waals surface area contributed by atoms with Crippen molar-refractivity contribution in [1.82, 2.24) is 0 Å². The molecule has 4 rings (SSSR count). The summed E-state index contributed by atoms with van der Waals surface area (Å²) < 4.78 is 11.1. The third-order valence-electron chi connectivity index (χ3n) is 6.25. The second kappa shape index (κ2) is 14.6. The molecule has 0 radical (unpaired) electrons. The summed E-state index contributed by atoms with van der Waals surface area (Å²) in [5.74, 6) is -3.72. The summed E-state index contributed by atoms with van der Waals surface area (Å²) in [5.41, 5.74) is -0.907. The van der Waals surface area contributed by atoms with E-state index < -0.39 is 39.2 Å². The van der Waals surface area contributed by atoms with Crippen LogP contribution in [0, 0.1) is 20.2 Å². The molecule has 0 saturated heterocycles. The number of carboxylic acids is 1. The number of rotatable bonds is 11. The maximum absolute atomic E-state index is 13.3. The molecule has 0 atom stereocenters. The number of anilines is 2. The minimum absolute atomic E-state index is 0.0118. The summed E-state index contributed by atoms with van der Waals surface area (Å²) in [6.07, 6.45) is 0. The van der Waals surface area contributed by atoms with Crippen LogP contribution in [0.5, 0.6) is 11.5 Å². The van der Waals surface area contributed by atoms with Crippen molar-refractivity contribution in [2.75, 3.05) is 17.2 Å². The van der Waals surface area contributed by atoms with Gasteiger partial charge in [-0.15, -0.1) is 0 Å². The molecule has 2 amide bonds. The van der Waals surface area contributed by atoms with Crippen LogP contribution in [0.1, 0.15) is 48.4 Å². The highest BCUT2D eigenvalue weighted by Crippen LogP contribution is 2.35. The molecule has 0 aliphatic carbocycles. The van der Waals surface area contributed by atoms with Crippen molar-refractivity contribution >= 4 is 78.4 Å². The summed E-state index contributed by atoms with van der Waals surface area (Å²) in [7, 11) is 0. The van der Waals surface area contributed by atoms with Gasteiger partial charge in [-0.05, 0) is 87.3 Å². The summed E-state index contributed by atoms with van der Waals surface area (Å²) >= 11 is 6.30. The Bertz CT molecular complexity index is 1970. The minimum Gasteiger partial charge on any atom is -0.478 e. The van der Waals surface area contributed by atoms with Crippen molar-refractivity contribution in [3.05, 3.63) is 124 Å². The molecule has 47 heavy (non-hydrogen) atoms. The number of nitro benzene ring substituents is 2. The van der Waals surface area contributed by atoms with Crippen LogP contribution in [0.15, 0.2) is 81.7 Å². The monoisotopic (exact) mass is 770 g/mol. The largest absolute Gasteiger partial charge is 0.478 e. The van der Waals surface area contributed by atoms with E-state index in [4.69, 9.17) is 9.47 Å². The molecule has 17 heteroatoms. The van der Waals surface area contributed by atoms with Gasteiger partial charge in [0.05, 0.1) is 44.4 Å². The lowest BCUT2D eigenvalue weighted by atomic mass is 10.1. The number of nitrogens with zero attached hydrogens (tertiary/aromatic N) is 2. The fourth-order valence-electron chi connectivity index (χ4n) is 4.06. The third kappa shape index (κ3) is 8.13. The van der Waals surface area contributed by atoms with Gasteiger partial charge in [0.1, 0.15) is 5.75 Å². The Morgan fingerprint density at radius 3 is 1.81 bits per heavy atom. The van der Waals surface area contributed by atoms with Crippen LogP contribution < -0.4 is 15.4 Å². The van der Waals surface area contributed by atoms with Gasteiger partial charge < -0.3 is 25.2 Å². The number of nitrogens with one attached hydrogen (secondary N) is 2. The second-order valence-corrected chi connectivity index (χ2v) is 11.0. The number of carbonyl (C=O) groups excluding carboxylic acids is 3. The maximum atomic E-state index is 13.3. The van der Waals surface area contributed by atoms with E-state index in [1.165, 1.54) is 42.5 Å². The zero-order valence-corrected chi connectivity index (χ0v) is 27.0. The van der Waals surface area contributed by atoms with E-state index in [1.54, 1.807) is 6.92 Å². The first-order valence-corrected chi connectivity index (χ1v) is 14.7. The number of carboxylic acid groups (broad SMARTS) is 1. The van der Waals surface area contributed by atoms with Gasteiger partial charge in [-0.3, -0.25) is 29.8 Å². The van der Waals surface area contributed by atoms with Gasteiger partial charge in [-0.1, -0.05) is 0 Å². The average Bonchev–Trinajstić information content (AvgIpc) is 3.01. The van der Waals surface area contributed by atoms with Crippen LogP contribution in [-0.4, -0.2) is 45.3 Å². The van der Waals surface area contributed by atoms with E-state index in [2.05, 4.69) is 42.5 Å². The number of benzene rings is 4. The van der Waals surface area contributed by atoms with Gasteiger partial charge >= 0.3 is 11.9 Å². The van der Waals surface area contributed by atoms with E-state index in [1.807, 2.05) is 0 Å². The summed E-state index contributed by atoms with van der Waals surface area (Å²) in [6.45, 7) is 1.59. The first kappa shape index (κ1) is 34.2. The van der Waals surface area contributed by atoms with Crippen molar-refractivity contribution in [1.29, 1.82) is 0 Å². The van der Waals surface area contributed by atoms with Crippen LogP contribution in [0.25, 0.3) is 0 Å². The topological polar surface area (TPSA) is 217 Å². The molecule has 0 aliphatic heterocycles. The van der Waals surface area contributed by atoms with Gasteiger partial charge in [0.15, 0.2) is 5.75 Å². The molecule has 3 N–H and O–H groups in total. The molecule has 0 unspecified atom stereocenters. The molecular weight excluding hydrogens is 752 g/mol. The van der Waals surface area contributed by atoms with Crippen LogP contribution in [0.2, 0.25) is 0 Å². The number of nitro groups is 2. The number of amides is 2. The fraction of sp³-hybridized carbons (Fsp3) is 0.0667. The van der Waals surface area contributed by atoms with E-state index in [-0.39, 0.29) is 66.5 Å². The molecule has 0 heterocycles. The predicted octanol–water partition coefficient (Wildman–Crippen LogP) is 7.20. The predicted molar refractivity (Wildman–Crippen MR) is 173 cm³/mol. The SMILES string of the molecule is CCOC(=O)c1ccc(Oc2ccc(NC(=O)c3ccc([N+](=O)[O-])cc3Br)cc2NC(=O)c2ccc([N+](=O)[O-])cc2Br)cc1C(=O)O. The van der Waals surface area contributed by atoms with E-state index in [9.17, 15) is 44.5 Å². The highest BCUT2D eigenvalue weighted by Gasteiger charge is 2.22. The number of hydrogen-bond acceptors (Lipinski definition) is 10. The number of aromatic carboxylic acids is 1. The van der Waals surface area contributed by atoms with Gasteiger partial charge in [-0.2, -0.15) is 0 Å². The highest BCUT2D eigenvalue weighted by molar-refractivity contribution is 9.10. The van der Waals surface area contributed by atoms with Gasteiger partial charge in [0.25, 0.3) is 23.2 Å². The summed E-state index contributed by atoms with van der Waals surface area (Å²) in [6, 6.07) is 14.8. The molecule has 4 aromatic carbocycles. The van der Waals surface area contributed by atoms with Crippen LogP contribution >= 0.6 is 31.9 Å². The number of non-ortho nitro benzene ring substituents is 2. The average molecular weight is 772 g/mol. The molecule has 0 saturated carbocycles. The van der Waals surface area contributed by atoms with Crippen LogP contribution in [0.3, 0.4) is 0 Å². The Kier molecular flexibility index (Phi) is 10.6. The first-order valence-electron chi connectivity index (χ1n) is 13.2. The highest BCUT2D eigenvalue weighted by atomic mass is 79.9. The lowest BCUT2D eigenvalue weighted by molar-refractivity contribution is -0.385. The Balaban J connectivity index is 1.71. The normalized spacial score (nSPS) is 10.4. The molecular formula is C30H20Br2N4O11. The molecule has 0 aliphatic rings. The smallest absolute Gasteiger partial charge is 0.339 e. The molecule has 240 valence electrons. The van der Waals surface area contributed by atoms with Gasteiger partial charge in [0, 0.05) is 38.9 Å². The molecule has 0 spiro atoms. The third-order valence-corrected chi connectivity index (χ3v) is 7.56. The number of ether oxygens (including phenoxy) is 2. The van der Waals surface area contributed by atoms with E-state index in [0.29, 0.717) is 0 Å². The lowest BCUT2D eigenvalue weighted by Crippen LogP contribution is -2.15. The number of hydrogen-bond donors (Lipinski definition) is 3. The van der Waals surface area contributed by atoms with E-state index >= 15 is 0 Å². The summed E-state index contributed by atoms with van der Waals surface area (Å²) in [4.78, 5) is 71.4.